The van der Waals surface area contributed by atoms with Crippen molar-refractivity contribution in [2.75, 3.05) is 39.3 Å². The minimum Gasteiger partial charge on any atom is -0.438 e. The lowest BCUT2D eigenvalue weighted by Crippen LogP contribution is -2.37. The van der Waals surface area contributed by atoms with Crippen molar-refractivity contribution in [2.24, 2.45) is 0 Å². The molecule has 2 aliphatic heterocycles. The third kappa shape index (κ3) is 4.98. The van der Waals surface area contributed by atoms with Gasteiger partial charge in [-0.1, -0.05) is 6.42 Å². The quantitative estimate of drug-likeness (QED) is 0.624. The molecule has 33 heavy (non-hydrogen) atoms. The molecule has 180 valence electrons. The number of halogens is 1. The molecule has 4 rings (SSSR count). The van der Waals surface area contributed by atoms with E-state index in [0.717, 1.165) is 31.4 Å². The van der Waals surface area contributed by atoms with Gasteiger partial charge in [-0.15, -0.1) is 0 Å². The third-order valence-electron chi connectivity index (χ3n) is 5.89. The summed E-state index contributed by atoms with van der Waals surface area (Å²) < 4.78 is 72.5. The third-order valence-corrected chi connectivity index (χ3v) is 9.58. The predicted octanol–water partition coefficient (Wildman–Crippen LogP) is 2.13. The molecule has 0 radical (unpaired) electrons. The molecule has 0 N–H and O–H groups in total. The number of rotatable bonds is 5. The summed E-state index contributed by atoms with van der Waals surface area (Å²) in [6.07, 6.45) is 2.95. The molecule has 0 bridgehead atoms. The van der Waals surface area contributed by atoms with Crippen molar-refractivity contribution in [3.05, 3.63) is 48.0 Å². The molecule has 0 saturated carbocycles. The van der Waals surface area contributed by atoms with Crippen molar-refractivity contribution in [1.82, 2.24) is 13.5 Å². The number of benzene rings is 1. The molecule has 2 saturated heterocycles. The largest absolute Gasteiger partial charge is 0.438 e. The second kappa shape index (κ2) is 9.53. The summed E-state index contributed by atoms with van der Waals surface area (Å²) in [6.45, 7) is 1.53. The molecule has 0 spiro atoms. The Morgan fingerprint density at radius 3 is 2.06 bits per heavy atom. The lowest BCUT2D eigenvalue weighted by atomic mass is 10.2. The second-order valence-electron chi connectivity index (χ2n) is 8.09. The number of amides is 1. The highest BCUT2D eigenvalue weighted by Crippen LogP contribution is 2.24. The molecule has 1 aromatic carbocycles. The fourth-order valence-electron chi connectivity index (χ4n) is 4.05. The molecule has 12 heteroatoms. The van der Waals surface area contributed by atoms with Gasteiger partial charge in [0.25, 0.3) is 15.9 Å². The number of nitrogens with zero attached hydrogens (tertiary/aromatic N) is 3. The van der Waals surface area contributed by atoms with E-state index >= 15 is 0 Å². The highest BCUT2D eigenvalue weighted by molar-refractivity contribution is 7.89. The van der Waals surface area contributed by atoms with Gasteiger partial charge >= 0.3 is 0 Å². The van der Waals surface area contributed by atoms with E-state index in [9.17, 15) is 26.0 Å². The lowest BCUT2D eigenvalue weighted by molar-refractivity contribution is 0.0726. The van der Waals surface area contributed by atoms with Gasteiger partial charge in [0.2, 0.25) is 15.1 Å². The van der Waals surface area contributed by atoms with Crippen molar-refractivity contribution in [3.8, 4) is 0 Å². The van der Waals surface area contributed by atoms with E-state index in [1.54, 1.807) is 0 Å². The number of carbonyl (C=O) groups is 1. The van der Waals surface area contributed by atoms with Crippen molar-refractivity contribution < 1.29 is 30.4 Å². The monoisotopic (exact) mass is 499 g/mol. The predicted molar refractivity (Wildman–Crippen MR) is 117 cm³/mol. The summed E-state index contributed by atoms with van der Waals surface area (Å²) in [5, 5.41) is -0.261. The number of hydrogen-bond acceptors (Lipinski definition) is 6. The van der Waals surface area contributed by atoms with Crippen LogP contribution in [0.1, 0.15) is 36.2 Å². The second-order valence-corrected chi connectivity index (χ2v) is 11.9. The Balaban J connectivity index is 1.44. The number of hydrogen-bond donors (Lipinski definition) is 0. The molecule has 1 amide bonds. The highest BCUT2D eigenvalue weighted by atomic mass is 32.2. The van der Waals surface area contributed by atoms with Crippen molar-refractivity contribution in [2.45, 2.75) is 35.7 Å². The van der Waals surface area contributed by atoms with Crippen LogP contribution in [0.5, 0.6) is 0 Å². The first kappa shape index (κ1) is 23.9. The molecule has 0 atom stereocenters. The fraction of sp³-hybridized carbons (Fsp3) is 0.476. The molecule has 3 heterocycles. The Bertz CT molecular complexity index is 1200. The topological polar surface area (TPSA) is 108 Å². The highest BCUT2D eigenvalue weighted by Gasteiger charge is 2.32. The number of sulfonamides is 2. The maximum absolute atomic E-state index is 13.2. The molecule has 2 fully saturated rings. The normalized spacial score (nSPS) is 19.4. The van der Waals surface area contributed by atoms with Crippen molar-refractivity contribution >= 4 is 26.0 Å². The van der Waals surface area contributed by atoms with Crippen LogP contribution in [0.25, 0.3) is 0 Å². The van der Waals surface area contributed by atoms with Crippen molar-refractivity contribution in [1.29, 1.82) is 0 Å². The van der Waals surface area contributed by atoms with Crippen LogP contribution < -0.4 is 0 Å². The van der Waals surface area contributed by atoms with Gasteiger partial charge in [-0.3, -0.25) is 4.79 Å². The SMILES string of the molecule is O=C(c1ccc(S(=O)(=O)N2CCCCC2)o1)N1CCCN(S(=O)(=O)c2ccc(F)cc2)CC1. The minimum atomic E-state index is -3.82. The number of carbonyl (C=O) groups excluding carboxylic acids is 1. The Kier molecular flexibility index (Phi) is 6.89. The molecule has 2 aromatic rings. The van der Waals surface area contributed by atoms with E-state index in [1.807, 2.05) is 0 Å². The average Bonchev–Trinajstić information content (AvgIpc) is 3.18. The number of piperidine rings is 1. The zero-order chi connectivity index (χ0) is 23.6. The van der Waals surface area contributed by atoms with E-state index in [4.69, 9.17) is 4.42 Å². The minimum absolute atomic E-state index is 0.0118. The van der Waals surface area contributed by atoms with Gasteiger partial charge in [0.05, 0.1) is 4.90 Å². The maximum atomic E-state index is 13.2. The summed E-state index contributed by atoms with van der Waals surface area (Å²) in [4.78, 5) is 14.4. The summed E-state index contributed by atoms with van der Waals surface area (Å²) in [5.74, 6) is -1.11. The van der Waals surface area contributed by atoms with Gasteiger partial charge in [0, 0.05) is 39.3 Å². The van der Waals surface area contributed by atoms with E-state index in [2.05, 4.69) is 0 Å². The van der Waals surface area contributed by atoms with Gasteiger partial charge < -0.3 is 9.32 Å². The van der Waals surface area contributed by atoms with E-state index in [-0.39, 0.29) is 35.4 Å². The smallest absolute Gasteiger partial charge is 0.289 e. The van der Waals surface area contributed by atoms with Gasteiger partial charge in [-0.25, -0.2) is 21.2 Å². The van der Waals surface area contributed by atoms with E-state index in [1.165, 1.54) is 37.8 Å². The summed E-state index contributed by atoms with van der Waals surface area (Å²) in [7, 11) is -7.62. The molecule has 0 unspecified atom stereocenters. The molecule has 0 aliphatic carbocycles. The van der Waals surface area contributed by atoms with Crippen LogP contribution in [0.2, 0.25) is 0 Å². The summed E-state index contributed by atoms with van der Waals surface area (Å²) in [6, 6.07) is 7.24. The molecular formula is C21H26FN3O6S2. The fourth-order valence-corrected chi connectivity index (χ4v) is 6.95. The first-order valence-corrected chi connectivity index (χ1v) is 13.7. The maximum Gasteiger partial charge on any atom is 0.289 e. The van der Waals surface area contributed by atoms with Crippen molar-refractivity contribution in [3.63, 3.8) is 0 Å². The first-order valence-electron chi connectivity index (χ1n) is 10.8. The summed E-state index contributed by atoms with van der Waals surface area (Å²) in [5.41, 5.74) is 0. The van der Waals surface area contributed by atoms with Crippen LogP contribution in [0.15, 0.2) is 50.8 Å². The molecular weight excluding hydrogens is 473 g/mol. The lowest BCUT2D eigenvalue weighted by Gasteiger charge is -2.24. The zero-order valence-corrected chi connectivity index (χ0v) is 19.7. The first-order chi connectivity index (χ1) is 15.7. The molecule has 2 aliphatic rings. The van der Waals surface area contributed by atoms with Crippen LogP contribution in [0.3, 0.4) is 0 Å². The Morgan fingerprint density at radius 2 is 1.36 bits per heavy atom. The standard InChI is InChI=1S/C21H26FN3O6S2/c22-17-5-7-18(8-6-17)32(27,28)25-14-4-11-23(15-16-25)21(26)19-9-10-20(31-19)33(29,30)24-12-2-1-3-13-24/h5-10H,1-4,11-16H2. The average molecular weight is 500 g/mol. The molecule has 9 nitrogen and oxygen atoms in total. The Morgan fingerprint density at radius 1 is 0.727 bits per heavy atom. The Hall–Kier alpha value is -2.28. The van der Waals surface area contributed by atoms with E-state index < -0.39 is 31.8 Å². The van der Waals surface area contributed by atoms with Crippen LogP contribution in [-0.2, 0) is 20.0 Å². The van der Waals surface area contributed by atoms with Gasteiger partial charge in [0.1, 0.15) is 5.82 Å². The van der Waals surface area contributed by atoms with E-state index in [0.29, 0.717) is 26.1 Å². The van der Waals surface area contributed by atoms with Crippen LogP contribution in [-0.4, -0.2) is 75.5 Å². The zero-order valence-electron chi connectivity index (χ0n) is 18.0. The summed E-state index contributed by atoms with van der Waals surface area (Å²) >= 11 is 0. The van der Waals surface area contributed by atoms with Crippen LogP contribution in [0, 0.1) is 5.82 Å². The molecule has 1 aromatic heterocycles. The van der Waals surface area contributed by atoms with Gasteiger partial charge in [0.15, 0.2) is 5.76 Å². The van der Waals surface area contributed by atoms with Crippen LogP contribution >= 0.6 is 0 Å². The van der Waals surface area contributed by atoms with Gasteiger partial charge in [-0.2, -0.15) is 8.61 Å². The van der Waals surface area contributed by atoms with Gasteiger partial charge in [-0.05, 0) is 55.7 Å². The number of furan rings is 1. The Labute approximate surface area is 192 Å². The van der Waals surface area contributed by atoms with Crippen LogP contribution in [0.4, 0.5) is 4.39 Å².